The van der Waals surface area contributed by atoms with E-state index in [9.17, 15) is 9.36 Å². The van der Waals surface area contributed by atoms with Gasteiger partial charge in [0.15, 0.2) is 0 Å². The number of nitrogens with zero attached hydrogens (tertiary/aromatic N) is 2. The molecular weight excluding hydrogens is 345 g/mol. The van der Waals surface area contributed by atoms with Gasteiger partial charge in [-0.1, -0.05) is 6.08 Å². The van der Waals surface area contributed by atoms with Crippen molar-refractivity contribution in [2.75, 3.05) is 18.5 Å². The normalized spacial score (nSPS) is 13.4. The molecule has 0 radical (unpaired) electrons. The summed E-state index contributed by atoms with van der Waals surface area (Å²) in [5, 5.41) is 0. The second kappa shape index (κ2) is 9.87. The number of anilines is 1. The summed E-state index contributed by atoms with van der Waals surface area (Å²) >= 11 is 0. The number of nitrogens with two attached hydrogens (primary N) is 1. The summed E-state index contributed by atoms with van der Waals surface area (Å²) in [6, 6.07) is 1.53. The largest absolute Gasteiger partial charge is 0.383 e. The number of hydrogen-bond acceptors (Lipinski definition) is 7. The summed E-state index contributed by atoms with van der Waals surface area (Å²) in [4.78, 5) is 15.4. The van der Waals surface area contributed by atoms with Crippen molar-refractivity contribution in [3.8, 4) is 0 Å². The maximum absolute atomic E-state index is 12.7. The van der Waals surface area contributed by atoms with E-state index < -0.39 is 19.4 Å². The summed E-state index contributed by atoms with van der Waals surface area (Å²) < 4.78 is 30.7. The van der Waals surface area contributed by atoms with Crippen LogP contribution in [0.5, 0.6) is 0 Å². The Kier molecular flexibility index (Phi) is 8.52. The van der Waals surface area contributed by atoms with Crippen molar-refractivity contribution in [3.63, 3.8) is 0 Å². The van der Waals surface area contributed by atoms with Gasteiger partial charge in [0.2, 0.25) is 0 Å². The standard InChI is InChI=1S/C16H28N3O5P/c1-6-14(11-19-8-7-15(17)18-16(19)20)22-9-10-25(21,23-12(2)3)24-13(4)5/h6-8,12-14H,1,9-11H2,2-5H3,(H2,17,18,20)/t14-/m0/s1. The molecule has 0 saturated carbocycles. The van der Waals surface area contributed by atoms with Gasteiger partial charge in [0, 0.05) is 6.20 Å². The van der Waals surface area contributed by atoms with Crippen molar-refractivity contribution < 1.29 is 18.3 Å². The highest BCUT2D eigenvalue weighted by Gasteiger charge is 2.27. The first-order valence-corrected chi connectivity index (χ1v) is 9.91. The summed E-state index contributed by atoms with van der Waals surface area (Å²) in [7, 11) is -3.25. The van der Waals surface area contributed by atoms with Crippen molar-refractivity contribution in [1.82, 2.24) is 9.55 Å². The molecule has 0 fully saturated rings. The molecule has 8 nitrogen and oxygen atoms in total. The Balaban J connectivity index is 2.64. The Hall–Kier alpha value is -1.47. The quantitative estimate of drug-likeness (QED) is 0.469. The third-order valence-electron chi connectivity index (χ3n) is 2.98. The molecule has 0 aliphatic heterocycles. The molecule has 1 aromatic heterocycles. The number of hydrogen-bond donors (Lipinski definition) is 1. The topological polar surface area (TPSA) is 106 Å². The maximum atomic E-state index is 12.7. The van der Waals surface area contributed by atoms with Gasteiger partial charge in [0.1, 0.15) is 5.82 Å². The van der Waals surface area contributed by atoms with Crippen LogP contribution in [0.2, 0.25) is 0 Å². The van der Waals surface area contributed by atoms with Crippen LogP contribution in [-0.2, 0) is 24.9 Å². The number of rotatable bonds is 11. The van der Waals surface area contributed by atoms with Gasteiger partial charge in [-0.05, 0) is 33.8 Å². The van der Waals surface area contributed by atoms with Gasteiger partial charge in [-0.3, -0.25) is 9.13 Å². The van der Waals surface area contributed by atoms with Gasteiger partial charge in [0.05, 0.1) is 37.6 Å². The van der Waals surface area contributed by atoms with Crippen LogP contribution >= 0.6 is 7.60 Å². The highest BCUT2D eigenvalue weighted by molar-refractivity contribution is 7.53. The summed E-state index contributed by atoms with van der Waals surface area (Å²) in [6.07, 6.45) is 2.33. The van der Waals surface area contributed by atoms with E-state index in [0.717, 1.165) is 0 Å². The molecule has 1 aromatic rings. The Morgan fingerprint density at radius 3 is 2.40 bits per heavy atom. The predicted molar refractivity (Wildman–Crippen MR) is 97.8 cm³/mol. The van der Waals surface area contributed by atoms with E-state index in [1.165, 1.54) is 10.6 Å². The summed E-state index contributed by atoms with van der Waals surface area (Å²) in [6.45, 7) is 11.3. The maximum Gasteiger partial charge on any atom is 0.349 e. The monoisotopic (exact) mass is 373 g/mol. The molecule has 0 amide bonds. The molecule has 0 aliphatic carbocycles. The van der Waals surface area contributed by atoms with Crippen LogP contribution in [0.15, 0.2) is 29.7 Å². The number of aromatic nitrogens is 2. The Bertz CT molecular complexity index is 645. The van der Waals surface area contributed by atoms with Crippen LogP contribution in [0.3, 0.4) is 0 Å². The SMILES string of the molecule is C=C[C@@H](Cn1ccc(N)nc1=O)OCCP(=O)(OC(C)C)OC(C)C. The van der Waals surface area contributed by atoms with E-state index in [4.69, 9.17) is 19.5 Å². The first kappa shape index (κ1) is 21.6. The summed E-state index contributed by atoms with van der Waals surface area (Å²) in [5.74, 6) is 0.162. The molecule has 9 heteroatoms. The van der Waals surface area contributed by atoms with Crippen LogP contribution in [-0.4, -0.2) is 40.6 Å². The van der Waals surface area contributed by atoms with E-state index in [2.05, 4.69) is 11.6 Å². The minimum atomic E-state index is -3.25. The first-order valence-electron chi connectivity index (χ1n) is 8.18. The van der Waals surface area contributed by atoms with Crippen LogP contribution in [0.25, 0.3) is 0 Å². The Morgan fingerprint density at radius 1 is 1.32 bits per heavy atom. The number of ether oxygens (including phenoxy) is 1. The lowest BCUT2D eigenvalue weighted by Gasteiger charge is -2.23. The molecule has 1 heterocycles. The predicted octanol–water partition coefficient (Wildman–Crippen LogP) is 2.44. The van der Waals surface area contributed by atoms with Crippen molar-refractivity contribution in [1.29, 1.82) is 0 Å². The molecule has 142 valence electrons. The average molecular weight is 373 g/mol. The van der Waals surface area contributed by atoms with Gasteiger partial charge in [0.25, 0.3) is 0 Å². The second-order valence-electron chi connectivity index (χ2n) is 6.08. The third kappa shape index (κ3) is 7.96. The minimum absolute atomic E-state index is 0.114. The van der Waals surface area contributed by atoms with Crippen molar-refractivity contribution in [2.24, 2.45) is 0 Å². The average Bonchev–Trinajstić information content (AvgIpc) is 2.46. The lowest BCUT2D eigenvalue weighted by molar-refractivity contribution is 0.0760. The van der Waals surface area contributed by atoms with E-state index >= 15 is 0 Å². The second-order valence-corrected chi connectivity index (χ2v) is 8.17. The summed E-state index contributed by atoms with van der Waals surface area (Å²) in [5.41, 5.74) is 5.00. The highest BCUT2D eigenvalue weighted by atomic mass is 31.2. The van der Waals surface area contributed by atoms with Crippen LogP contribution in [0.4, 0.5) is 5.82 Å². The van der Waals surface area contributed by atoms with E-state index in [-0.39, 0.29) is 37.3 Å². The fourth-order valence-electron chi connectivity index (χ4n) is 2.06. The molecule has 0 unspecified atom stereocenters. The highest BCUT2D eigenvalue weighted by Crippen LogP contribution is 2.50. The molecule has 0 aromatic carbocycles. The molecule has 2 N–H and O–H groups in total. The van der Waals surface area contributed by atoms with E-state index in [1.54, 1.807) is 40.0 Å². The van der Waals surface area contributed by atoms with Gasteiger partial charge in [-0.25, -0.2) is 4.79 Å². The Labute approximate surface area is 148 Å². The van der Waals surface area contributed by atoms with Gasteiger partial charge in [-0.2, -0.15) is 4.98 Å². The number of nitrogen functional groups attached to an aromatic ring is 1. The first-order chi connectivity index (χ1) is 11.6. The molecule has 1 rings (SSSR count). The lowest BCUT2D eigenvalue weighted by atomic mass is 10.3. The molecule has 25 heavy (non-hydrogen) atoms. The molecule has 1 atom stereocenters. The Morgan fingerprint density at radius 2 is 1.92 bits per heavy atom. The zero-order valence-corrected chi connectivity index (χ0v) is 16.1. The fourth-order valence-corrected chi connectivity index (χ4v) is 3.93. The molecule has 0 spiro atoms. The lowest BCUT2D eigenvalue weighted by Crippen LogP contribution is -2.29. The van der Waals surface area contributed by atoms with Gasteiger partial charge >= 0.3 is 13.3 Å². The fraction of sp³-hybridized carbons (Fsp3) is 0.625. The zero-order valence-electron chi connectivity index (χ0n) is 15.3. The zero-order chi connectivity index (χ0) is 19.0. The van der Waals surface area contributed by atoms with E-state index in [1.807, 2.05) is 0 Å². The third-order valence-corrected chi connectivity index (χ3v) is 5.19. The van der Waals surface area contributed by atoms with Gasteiger partial charge < -0.3 is 19.5 Å². The van der Waals surface area contributed by atoms with Crippen molar-refractivity contribution in [3.05, 3.63) is 35.4 Å². The van der Waals surface area contributed by atoms with Crippen LogP contribution < -0.4 is 11.4 Å². The van der Waals surface area contributed by atoms with Crippen molar-refractivity contribution >= 4 is 13.4 Å². The van der Waals surface area contributed by atoms with Crippen LogP contribution in [0, 0.1) is 0 Å². The molecule has 0 bridgehead atoms. The molecule has 0 aliphatic rings. The van der Waals surface area contributed by atoms with E-state index in [0.29, 0.717) is 0 Å². The smallest absolute Gasteiger partial charge is 0.349 e. The minimum Gasteiger partial charge on any atom is -0.383 e. The van der Waals surface area contributed by atoms with Crippen molar-refractivity contribution in [2.45, 2.75) is 52.6 Å². The molecular formula is C16H28N3O5P. The molecule has 0 saturated heterocycles. The van der Waals surface area contributed by atoms with Gasteiger partial charge in [-0.15, -0.1) is 6.58 Å². The van der Waals surface area contributed by atoms with Crippen LogP contribution in [0.1, 0.15) is 27.7 Å².